The average molecular weight is 460 g/mol. The highest BCUT2D eigenvalue weighted by atomic mass is 32.2. The number of rotatable bonds is 9. The molecule has 0 spiro atoms. The Hall–Kier alpha value is -2.11. The van der Waals surface area contributed by atoms with Crippen LogP contribution in [0.5, 0.6) is 0 Å². The number of hydrogen-bond acceptors (Lipinski definition) is 7. The van der Waals surface area contributed by atoms with E-state index in [9.17, 15) is 22.8 Å². The van der Waals surface area contributed by atoms with Gasteiger partial charge in [-0.25, -0.2) is 13.2 Å². The molecule has 30 heavy (non-hydrogen) atoms. The Labute approximate surface area is 181 Å². The smallest absolute Gasteiger partial charge is 0.324 e. The molecule has 0 aromatic heterocycles. The number of carbonyl (C=O) groups excluding carboxylic acids is 3. The zero-order chi connectivity index (χ0) is 22.9. The van der Waals surface area contributed by atoms with Gasteiger partial charge >= 0.3 is 12.0 Å². The van der Waals surface area contributed by atoms with Gasteiger partial charge in [-0.15, -0.1) is 0 Å². The zero-order valence-electron chi connectivity index (χ0n) is 17.7. The number of thioether (sulfide) groups is 1. The van der Waals surface area contributed by atoms with Gasteiger partial charge in [-0.05, 0) is 58.3 Å². The Kier molecular flexibility index (Phi) is 9.79. The molecule has 1 aromatic rings. The quantitative estimate of drug-likeness (QED) is 0.479. The van der Waals surface area contributed by atoms with Crippen LogP contribution >= 0.6 is 11.8 Å². The highest BCUT2D eigenvalue weighted by Gasteiger charge is 2.30. The number of nitrogens with one attached hydrogen (secondary N) is 3. The van der Waals surface area contributed by atoms with Crippen molar-refractivity contribution in [2.75, 3.05) is 12.0 Å². The van der Waals surface area contributed by atoms with Gasteiger partial charge in [0.1, 0.15) is 6.04 Å². The van der Waals surface area contributed by atoms with Crippen molar-refractivity contribution < 1.29 is 27.5 Å². The minimum atomic E-state index is -3.96. The van der Waals surface area contributed by atoms with Gasteiger partial charge in [-0.2, -0.15) is 16.5 Å². The molecule has 0 aliphatic carbocycles. The number of benzene rings is 1. The summed E-state index contributed by atoms with van der Waals surface area (Å²) < 4.78 is 32.6. The summed E-state index contributed by atoms with van der Waals surface area (Å²) in [7, 11) is -3.96. The highest BCUT2D eigenvalue weighted by Crippen LogP contribution is 2.12. The Bertz CT molecular complexity index is 838. The second-order valence-corrected chi connectivity index (χ2v) is 10.2. The molecule has 168 valence electrons. The highest BCUT2D eigenvalue weighted by molar-refractivity contribution is 7.98. The lowest BCUT2D eigenvalue weighted by atomic mass is 10.1. The van der Waals surface area contributed by atoms with Crippen LogP contribution in [0.25, 0.3) is 0 Å². The molecule has 1 rings (SSSR count). The van der Waals surface area contributed by atoms with E-state index in [4.69, 9.17) is 4.74 Å². The topological polar surface area (TPSA) is 131 Å². The number of sulfonamides is 1. The summed E-state index contributed by atoms with van der Waals surface area (Å²) in [6, 6.07) is 5.72. The van der Waals surface area contributed by atoms with Crippen LogP contribution in [0.4, 0.5) is 4.79 Å². The van der Waals surface area contributed by atoms with Crippen LogP contribution in [0, 0.1) is 0 Å². The van der Waals surface area contributed by atoms with E-state index in [-0.39, 0.29) is 11.3 Å². The maximum atomic E-state index is 12.6. The molecule has 0 saturated heterocycles. The zero-order valence-corrected chi connectivity index (χ0v) is 19.4. The molecule has 1 aromatic carbocycles. The number of imide groups is 1. The maximum absolute atomic E-state index is 12.6. The third-order valence-corrected chi connectivity index (χ3v) is 5.77. The van der Waals surface area contributed by atoms with E-state index in [0.717, 1.165) is 0 Å². The Balaban J connectivity index is 2.81. The van der Waals surface area contributed by atoms with Gasteiger partial charge in [-0.3, -0.25) is 14.9 Å². The van der Waals surface area contributed by atoms with Crippen LogP contribution in [-0.2, 0) is 24.3 Å². The summed E-state index contributed by atoms with van der Waals surface area (Å²) in [6.45, 7) is 6.54. The minimum Gasteiger partial charge on any atom is -0.451 e. The van der Waals surface area contributed by atoms with Gasteiger partial charge in [-0.1, -0.05) is 18.2 Å². The van der Waals surface area contributed by atoms with Gasteiger partial charge in [0.2, 0.25) is 10.0 Å². The molecule has 2 atom stereocenters. The van der Waals surface area contributed by atoms with Crippen LogP contribution in [0.15, 0.2) is 35.2 Å². The van der Waals surface area contributed by atoms with Crippen molar-refractivity contribution >= 4 is 39.7 Å². The number of amides is 3. The lowest BCUT2D eigenvalue weighted by Crippen LogP contribution is -2.51. The monoisotopic (exact) mass is 459 g/mol. The molecular formula is C19H29N3O6S2. The van der Waals surface area contributed by atoms with Gasteiger partial charge in [0, 0.05) is 5.54 Å². The molecule has 0 bridgehead atoms. The number of esters is 1. The largest absolute Gasteiger partial charge is 0.451 e. The molecular weight excluding hydrogens is 430 g/mol. The Morgan fingerprint density at radius 1 is 1.13 bits per heavy atom. The molecule has 0 heterocycles. The lowest BCUT2D eigenvalue weighted by Gasteiger charge is -2.22. The van der Waals surface area contributed by atoms with E-state index in [1.54, 1.807) is 39.0 Å². The van der Waals surface area contributed by atoms with E-state index in [0.29, 0.717) is 5.75 Å². The number of ether oxygens (including phenoxy) is 1. The molecule has 11 heteroatoms. The number of hydrogen-bond donors (Lipinski definition) is 3. The van der Waals surface area contributed by atoms with Gasteiger partial charge in [0.15, 0.2) is 6.10 Å². The second kappa shape index (κ2) is 11.3. The van der Waals surface area contributed by atoms with Crippen molar-refractivity contribution in [1.29, 1.82) is 0 Å². The van der Waals surface area contributed by atoms with Crippen LogP contribution in [-0.4, -0.2) is 56.0 Å². The first-order chi connectivity index (χ1) is 13.9. The molecule has 3 amide bonds. The van der Waals surface area contributed by atoms with Crippen LogP contribution < -0.4 is 15.4 Å². The predicted octanol–water partition coefficient (Wildman–Crippen LogP) is 1.64. The van der Waals surface area contributed by atoms with E-state index in [2.05, 4.69) is 15.4 Å². The molecule has 9 nitrogen and oxygen atoms in total. The van der Waals surface area contributed by atoms with Crippen LogP contribution in [0.2, 0.25) is 0 Å². The lowest BCUT2D eigenvalue weighted by molar-refractivity contribution is -0.156. The number of carbonyl (C=O) groups is 3. The fourth-order valence-electron chi connectivity index (χ4n) is 2.21. The first kappa shape index (κ1) is 25.9. The first-order valence-corrected chi connectivity index (χ1v) is 12.1. The molecule has 0 radical (unpaired) electrons. The molecule has 0 fully saturated rings. The molecule has 3 N–H and O–H groups in total. The summed E-state index contributed by atoms with van der Waals surface area (Å²) in [6.07, 6.45) is 0.698. The fourth-order valence-corrected chi connectivity index (χ4v) is 3.92. The van der Waals surface area contributed by atoms with Gasteiger partial charge < -0.3 is 10.1 Å². The normalized spacial score (nSPS) is 13.8. The SMILES string of the molecule is CSCCC(NS(=O)(=O)c1ccccc1)C(=O)OC(C)C(=O)NC(=O)NC(C)(C)C. The first-order valence-electron chi connectivity index (χ1n) is 9.25. The van der Waals surface area contributed by atoms with Crippen molar-refractivity contribution in [2.24, 2.45) is 0 Å². The van der Waals surface area contributed by atoms with Crippen molar-refractivity contribution in [3.63, 3.8) is 0 Å². The summed E-state index contributed by atoms with van der Waals surface area (Å²) in [5.41, 5.74) is -0.553. The van der Waals surface area contributed by atoms with Crippen molar-refractivity contribution in [3.8, 4) is 0 Å². The Morgan fingerprint density at radius 3 is 2.27 bits per heavy atom. The second-order valence-electron chi connectivity index (χ2n) is 7.54. The van der Waals surface area contributed by atoms with E-state index in [1.165, 1.54) is 30.8 Å². The van der Waals surface area contributed by atoms with Crippen LogP contribution in [0.1, 0.15) is 34.1 Å². The summed E-state index contributed by atoms with van der Waals surface area (Å²) in [4.78, 5) is 36.5. The van der Waals surface area contributed by atoms with Crippen LogP contribution in [0.3, 0.4) is 0 Å². The van der Waals surface area contributed by atoms with Crippen molar-refractivity contribution in [1.82, 2.24) is 15.4 Å². The third-order valence-electron chi connectivity index (χ3n) is 3.63. The fraction of sp³-hybridized carbons (Fsp3) is 0.526. The van der Waals surface area contributed by atoms with E-state index < -0.39 is 45.6 Å². The van der Waals surface area contributed by atoms with Gasteiger partial charge in [0.25, 0.3) is 5.91 Å². The summed E-state index contributed by atoms with van der Waals surface area (Å²) >= 11 is 1.43. The predicted molar refractivity (Wildman–Crippen MR) is 116 cm³/mol. The van der Waals surface area contributed by atoms with E-state index in [1.807, 2.05) is 6.26 Å². The Morgan fingerprint density at radius 2 is 1.73 bits per heavy atom. The number of urea groups is 1. The molecule has 2 unspecified atom stereocenters. The average Bonchev–Trinajstić information content (AvgIpc) is 2.63. The minimum absolute atomic E-state index is 0.0107. The summed E-state index contributed by atoms with van der Waals surface area (Å²) in [5.74, 6) is -1.23. The van der Waals surface area contributed by atoms with E-state index >= 15 is 0 Å². The van der Waals surface area contributed by atoms with Crippen molar-refractivity contribution in [3.05, 3.63) is 30.3 Å². The molecule has 0 aliphatic heterocycles. The van der Waals surface area contributed by atoms with Gasteiger partial charge in [0.05, 0.1) is 4.90 Å². The summed E-state index contributed by atoms with van der Waals surface area (Å²) in [5, 5.41) is 4.64. The maximum Gasteiger partial charge on any atom is 0.324 e. The third kappa shape index (κ3) is 9.14. The molecule has 0 aliphatic rings. The van der Waals surface area contributed by atoms with Crippen molar-refractivity contribution in [2.45, 2.75) is 56.7 Å². The standard InChI is InChI=1S/C19H29N3O6S2/c1-13(16(23)20-18(25)21-19(2,3)4)28-17(24)15(11-12-29-5)22-30(26,27)14-9-7-6-8-10-14/h6-10,13,15,22H,11-12H2,1-5H3,(H2,20,21,23,25). The molecule has 0 saturated carbocycles.